The minimum absolute atomic E-state index is 0.0402. The molecule has 0 aliphatic carbocycles. The quantitative estimate of drug-likeness (QED) is 0.669. The first-order valence-electron chi connectivity index (χ1n) is 8.10. The van der Waals surface area contributed by atoms with Crippen molar-refractivity contribution in [1.29, 1.82) is 0 Å². The monoisotopic (exact) mass is 415 g/mol. The summed E-state index contributed by atoms with van der Waals surface area (Å²) in [6.45, 7) is 2.32. The van der Waals surface area contributed by atoms with Gasteiger partial charge in [0.15, 0.2) is 9.84 Å². The van der Waals surface area contributed by atoms with E-state index in [0.717, 1.165) is 17.3 Å². The number of nitrogens with zero attached hydrogens (tertiary/aromatic N) is 3. The minimum Gasteiger partial charge on any atom is -0.411 e. The Bertz CT molecular complexity index is 883. The molecule has 10 heteroatoms. The SMILES string of the molecule is CCN(C(=O)CSc1nnc(-c2ccc(Cl)cc2)o1)[C@H]1CCS(=O)(=O)C1. The molecule has 1 saturated heterocycles. The normalized spacial score (nSPS) is 18.8. The number of carbonyl (C=O) groups is 1. The highest BCUT2D eigenvalue weighted by molar-refractivity contribution is 7.99. The van der Waals surface area contributed by atoms with Crippen LogP contribution in [0, 0.1) is 0 Å². The molecular weight excluding hydrogens is 398 g/mol. The predicted octanol–water partition coefficient (Wildman–Crippen LogP) is 2.52. The first-order valence-corrected chi connectivity index (χ1v) is 11.3. The summed E-state index contributed by atoms with van der Waals surface area (Å²) < 4.78 is 28.8. The Morgan fingerprint density at radius 2 is 2.08 bits per heavy atom. The van der Waals surface area contributed by atoms with E-state index >= 15 is 0 Å². The Morgan fingerprint density at radius 1 is 1.35 bits per heavy atom. The molecule has 2 aromatic rings. The highest BCUT2D eigenvalue weighted by Gasteiger charge is 2.33. The van der Waals surface area contributed by atoms with Crippen molar-refractivity contribution in [2.24, 2.45) is 0 Å². The van der Waals surface area contributed by atoms with Crippen molar-refractivity contribution < 1.29 is 17.6 Å². The highest BCUT2D eigenvalue weighted by Crippen LogP contribution is 2.25. The summed E-state index contributed by atoms with van der Waals surface area (Å²) in [6, 6.07) is 6.76. The maximum absolute atomic E-state index is 12.5. The molecule has 0 radical (unpaired) electrons. The molecule has 0 unspecified atom stereocenters. The highest BCUT2D eigenvalue weighted by atomic mass is 35.5. The number of hydrogen-bond donors (Lipinski definition) is 0. The summed E-state index contributed by atoms with van der Waals surface area (Å²) in [5.41, 5.74) is 0.742. The second-order valence-corrected chi connectivity index (χ2v) is 9.50. The maximum atomic E-state index is 12.5. The number of thioether (sulfide) groups is 1. The van der Waals surface area contributed by atoms with Gasteiger partial charge in [-0.15, -0.1) is 10.2 Å². The topological polar surface area (TPSA) is 93.4 Å². The zero-order valence-corrected chi connectivity index (χ0v) is 16.5. The number of halogens is 1. The van der Waals surface area contributed by atoms with Crippen molar-refractivity contribution in [2.75, 3.05) is 23.8 Å². The summed E-state index contributed by atoms with van der Waals surface area (Å²) in [6.07, 6.45) is 0.494. The van der Waals surface area contributed by atoms with Gasteiger partial charge < -0.3 is 9.32 Å². The molecule has 2 heterocycles. The predicted molar refractivity (Wildman–Crippen MR) is 99.9 cm³/mol. The molecule has 0 N–H and O–H groups in total. The van der Waals surface area contributed by atoms with E-state index in [2.05, 4.69) is 10.2 Å². The largest absolute Gasteiger partial charge is 0.411 e. The summed E-state index contributed by atoms with van der Waals surface area (Å²) in [5, 5.41) is 8.81. The molecule has 0 spiro atoms. The van der Waals surface area contributed by atoms with Crippen LogP contribution in [-0.4, -0.2) is 59.3 Å². The fraction of sp³-hybridized carbons (Fsp3) is 0.438. The van der Waals surface area contributed by atoms with E-state index in [-0.39, 0.29) is 29.2 Å². The molecule has 0 saturated carbocycles. The number of rotatable bonds is 6. The zero-order valence-electron chi connectivity index (χ0n) is 14.1. The van der Waals surface area contributed by atoms with Crippen LogP contribution in [0.5, 0.6) is 0 Å². The third-order valence-electron chi connectivity index (χ3n) is 4.13. The van der Waals surface area contributed by atoms with E-state index in [9.17, 15) is 13.2 Å². The number of benzene rings is 1. The molecule has 7 nitrogen and oxygen atoms in total. The number of aromatic nitrogens is 2. The molecular formula is C16H18ClN3O4S2. The van der Waals surface area contributed by atoms with Gasteiger partial charge >= 0.3 is 0 Å². The van der Waals surface area contributed by atoms with Crippen molar-refractivity contribution in [3.63, 3.8) is 0 Å². The lowest BCUT2D eigenvalue weighted by atomic mass is 10.2. The Balaban J connectivity index is 1.60. The third-order valence-corrected chi connectivity index (χ3v) is 6.93. The smallest absolute Gasteiger partial charge is 0.277 e. The van der Waals surface area contributed by atoms with Crippen LogP contribution in [0.4, 0.5) is 0 Å². The van der Waals surface area contributed by atoms with Crippen molar-refractivity contribution >= 4 is 39.1 Å². The van der Waals surface area contributed by atoms with E-state index in [0.29, 0.717) is 29.1 Å². The van der Waals surface area contributed by atoms with Gasteiger partial charge in [0.1, 0.15) is 0 Å². The van der Waals surface area contributed by atoms with Gasteiger partial charge in [0.2, 0.25) is 11.8 Å². The van der Waals surface area contributed by atoms with E-state index < -0.39 is 9.84 Å². The number of sulfone groups is 1. The Kier molecular flexibility index (Phi) is 5.89. The van der Waals surface area contributed by atoms with Gasteiger partial charge in [-0.25, -0.2) is 8.42 Å². The van der Waals surface area contributed by atoms with Gasteiger partial charge in [0, 0.05) is 23.2 Å². The van der Waals surface area contributed by atoms with Gasteiger partial charge in [-0.1, -0.05) is 23.4 Å². The average Bonchev–Trinajstić information content (AvgIpc) is 3.21. The summed E-state index contributed by atoms with van der Waals surface area (Å²) in [7, 11) is -3.03. The van der Waals surface area contributed by atoms with E-state index in [4.69, 9.17) is 16.0 Å². The molecule has 1 aromatic heterocycles. The summed E-state index contributed by atoms with van der Waals surface area (Å²) >= 11 is 7.00. The van der Waals surface area contributed by atoms with Crippen LogP contribution in [0.25, 0.3) is 11.5 Å². The standard InChI is InChI=1S/C16H18ClN3O4S2/c1-2-20(13-7-8-26(22,23)10-13)14(21)9-25-16-19-18-15(24-16)11-3-5-12(17)6-4-11/h3-6,13H,2,7-10H2,1H3/t13-/m0/s1. The fourth-order valence-electron chi connectivity index (χ4n) is 2.84. The van der Waals surface area contributed by atoms with Crippen LogP contribution >= 0.6 is 23.4 Å². The van der Waals surface area contributed by atoms with E-state index in [1.54, 1.807) is 29.2 Å². The molecule has 1 amide bonds. The molecule has 0 bridgehead atoms. The molecule has 1 fully saturated rings. The second-order valence-electron chi connectivity index (χ2n) is 5.91. The van der Waals surface area contributed by atoms with Crippen LogP contribution in [0.2, 0.25) is 5.02 Å². The van der Waals surface area contributed by atoms with Crippen molar-refractivity contribution in [3.8, 4) is 11.5 Å². The lowest BCUT2D eigenvalue weighted by molar-refractivity contribution is -0.129. The van der Waals surface area contributed by atoms with Gasteiger partial charge in [-0.2, -0.15) is 0 Å². The number of hydrogen-bond acceptors (Lipinski definition) is 7. The third kappa shape index (κ3) is 4.57. The number of carbonyl (C=O) groups excluding carboxylic acids is 1. The summed E-state index contributed by atoms with van der Waals surface area (Å²) in [5.74, 6) is 0.519. The molecule has 1 aliphatic heterocycles. The first-order chi connectivity index (χ1) is 12.4. The zero-order chi connectivity index (χ0) is 18.7. The molecule has 1 atom stereocenters. The van der Waals surface area contributed by atoms with Crippen molar-refractivity contribution in [3.05, 3.63) is 29.3 Å². The molecule has 1 aliphatic rings. The lowest BCUT2D eigenvalue weighted by Gasteiger charge is -2.26. The molecule has 140 valence electrons. The van der Waals surface area contributed by atoms with Gasteiger partial charge in [-0.05, 0) is 37.6 Å². The Morgan fingerprint density at radius 3 is 2.69 bits per heavy atom. The summed E-state index contributed by atoms with van der Waals surface area (Å²) in [4.78, 5) is 14.1. The number of amides is 1. The van der Waals surface area contributed by atoms with Crippen molar-refractivity contribution in [1.82, 2.24) is 15.1 Å². The Labute approximate surface area is 161 Å². The van der Waals surface area contributed by atoms with Crippen LogP contribution < -0.4 is 0 Å². The molecule has 3 rings (SSSR count). The fourth-order valence-corrected chi connectivity index (χ4v) is 5.35. The first kappa shape index (κ1) is 19.2. The van der Waals surface area contributed by atoms with E-state index in [1.165, 1.54) is 0 Å². The lowest BCUT2D eigenvalue weighted by Crippen LogP contribution is -2.41. The van der Waals surface area contributed by atoms with Crippen LogP contribution in [0.1, 0.15) is 13.3 Å². The second kappa shape index (κ2) is 7.98. The van der Waals surface area contributed by atoms with Crippen LogP contribution in [0.3, 0.4) is 0 Å². The van der Waals surface area contributed by atoms with Crippen LogP contribution in [0.15, 0.2) is 33.9 Å². The van der Waals surface area contributed by atoms with Crippen LogP contribution in [-0.2, 0) is 14.6 Å². The van der Waals surface area contributed by atoms with E-state index in [1.807, 2.05) is 6.92 Å². The van der Waals surface area contributed by atoms with Gasteiger partial charge in [0.25, 0.3) is 5.22 Å². The maximum Gasteiger partial charge on any atom is 0.277 e. The molecule has 1 aromatic carbocycles. The van der Waals surface area contributed by atoms with Gasteiger partial charge in [0.05, 0.1) is 17.3 Å². The van der Waals surface area contributed by atoms with Gasteiger partial charge in [-0.3, -0.25) is 4.79 Å². The minimum atomic E-state index is -3.03. The molecule has 26 heavy (non-hydrogen) atoms. The average molecular weight is 416 g/mol. The Hall–Kier alpha value is -1.58. The van der Waals surface area contributed by atoms with Crippen molar-refractivity contribution in [2.45, 2.75) is 24.6 Å².